The molecule has 0 radical (unpaired) electrons. The van der Waals surface area contributed by atoms with Crippen molar-refractivity contribution >= 4 is 48.0 Å². The molecule has 0 aliphatic carbocycles. The van der Waals surface area contributed by atoms with Crippen molar-refractivity contribution in [2.24, 2.45) is 0 Å². The van der Waals surface area contributed by atoms with Crippen molar-refractivity contribution in [1.82, 2.24) is 24.7 Å². The van der Waals surface area contributed by atoms with Gasteiger partial charge in [-0.1, -0.05) is 0 Å². The van der Waals surface area contributed by atoms with Crippen LogP contribution in [0.2, 0.25) is 0 Å². The van der Waals surface area contributed by atoms with E-state index >= 15 is 0 Å². The molecule has 2 saturated heterocycles. The van der Waals surface area contributed by atoms with Crippen LogP contribution in [0.5, 0.6) is 0 Å². The van der Waals surface area contributed by atoms with Crippen molar-refractivity contribution < 1.29 is 9.59 Å². The van der Waals surface area contributed by atoms with E-state index in [0.29, 0.717) is 13.1 Å². The molecule has 4 heterocycles. The number of amides is 2. The van der Waals surface area contributed by atoms with Crippen LogP contribution in [0.3, 0.4) is 0 Å². The lowest BCUT2D eigenvalue weighted by Gasteiger charge is -2.41. The molecule has 2 aliphatic heterocycles. The van der Waals surface area contributed by atoms with Crippen LogP contribution in [-0.4, -0.2) is 69.9 Å². The van der Waals surface area contributed by atoms with Gasteiger partial charge in [-0.2, -0.15) is 0 Å². The van der Waals surface area contributed by atoms with E-state index in [9.17, 15) is 9.59 Å². The van der Waals surface area contributed by atoms with Crippen LogP contribution in [0.1, 0.15) is 34.6 Å². The summed E-state index contributed by atoms with van der Waals surface area (Å²) in [6.07, 6.45) is 3.67. The molecule has 4 rings (SSSR count). The summed E-state index contributed by atoms with van der Waals surface area (Å²) in [5.74, 6) is 0.195. The fraction of sp³-hybridized carbons (Fsp3) is 0.526. The lowest BCUT2D eigenvalue weighted by molar-refractivity contribution is -0.135. The molecule has 2 fully saturated rings. The van der Waals surface area contributed by atoms with Gasteiger partial charge < -0.3 is 15.1 Å². The lowest BCUT2D eigenvalue weighted by atomic mass is 10.0. The second-order valence-electron chi connectivity index (χ2n) is 7.25. The minimum atomic E-state index is 0. The van der Waals surface area contributed by atoms with Crippen LogP contribution < -0.4 is 5.32 Å². The number of thiazole rings is 1. The Morgan fingerprint density at radius 1 is 1.28 bits per heavy atom. The highest BCUT2D eigenvalue weighted by Gasteiger charge is 2.33. The molecule has 0 spiro atoms. The molecular formula is C19H27Cl2N5O2S. The quantitative estimate of drug-likeness (QED) is 0.764. The molecule has 0 bridgehead atoms. The zero-order chi connectivity index (χ0) is 19.0. The molecule has 2 aliphatic rings. The Bertz CT molecular complexity index is 855. The second kappa shape index (κ2) is 9.93. The summed E-state index contributed by atoms with van der Waals surface area (Å²) < 4.78 is 2.04. The van der Waals surface area contributed by atoms with E-state index in [4.69, 9.17) is 0 Å². The fourth-order valence-electron chi connectivity index (χ4n) is 4.17. The maximum atomic E-state index is 13.2. The third-order valence-electron chi connectivity index (χ3n) is 5.52. The SMILES string of the molecule is Cc1cc(C(=O)N2CCCC(N3CCNCC3=O)C2)c(C)n1-c1nccs1.Cl.Cl. The first kappa shape index (κ1) is 23.7. The third-order valence-corrected chi connectivity index (χ3v) is 6.28. The highest BCUT2D eigenvalue weighted by Crippen LogP contribution is 2.25. The van der Waals surface area contributed by atoms with E-state index in [-0.39, 0.29) is 42.7 Å². The molecule has 2 amide bonds. The van der Waals surface area contributed by atoms with Gasteiger partial charge in [0.25, 0.3) is 5.91 Å². The number of aryl methyl sites for hydroxylation is 1. The normalized spacial score (nSPS) is 19.5. The number of hydrogen-bond acceptors (Lipinski definition) is 5. The smallest absolute Gasteiger partial charge is 0.255 e. The number of aromatic nitrogens is 2. The molecule has 7 nitrogen and oxygen atoms in total. The number of piperazine rings is 1. The average molecular weight is 460 g/mol. The van der Waals surface area contributed by atoms with E-state index in [1.54, 1.807) is 17.5 Å². The minimum absolute atomic E-state index is 0. The Labute approximate surface area is 187 Å². The van der Waals surface area contributed by atoms with Gasteiger partial charge in [0.15, 0.2) is 5.13 Å². The Balaban J connectivity index is 0.00000150. The van der Waals surface area contributed by atoms with Crippen molar-refractivity contribution in [3.05, 3.63) is 34.6 Å². The Morgan fingerprint density at radius 2 is 2.07 bits per heavy atom. The number of nitrogens with one attached hydrogen (secondary N) is 1. The summed E-state index contributed by atoms with van der Waals surface area (Å²) in [6.45, 7) is 7.29. The predicted octanol–water partition coefficient (Wildman–Crippen LogP) is 2.43. The maximum absolute atomic E-state index is 13.2. The number of piperidine rings is 1. The second-order valence-corrected chi connectivity index (χ2v) is 8.12. The molecule has 1 atom stereocenters. The van der Waals surface area contributed by atoms with Gasteiger partial charge in [0.1, 0.15) is 0 Å². The van der Waals surface area contributed by atoms with Crippen LogP contribution in [0.25, 0.3) is 5.13 Å². The first-order valence-corrected chi connectivity index (χ1v) is 10.3. The topological polar surface area (TPSA) is 70.5 Å². The van der Waals surface area contributed by atoms with Crippen LogP contribution >= 0.6 is 36.2 Å². The number of rotatable bonds is 3. The standard InChI is InChI=1S/C19H25N5O2S.2ClH/c1-13-10-16(14(2)24(13)19-21-6-9-27-19)18(26)22-7-3-4-15(12-22)23-8-5-20-11-17(23)25;;/h6,9-10,15,20H,3-5,7-8,11-12H2,1-2H3;2*1H. The summed E-state index contributed by atoms with van der Waals surface area (Å²) in [5.41, 5.74) is 2.67. The van der Waals surface area contributed by atoms with Gasteiger partial charge in [-0.25, -0.2) is 4.98 Å². The van der Waals surface area contributed by atoms with Crippen LogP contribution in [0, 0.1) is 13.8 Å². The van der Waals surface area contributed by atoms with E-state index in [1.165, 1.54) is 0 Å². The maximum Gasteiger partial charge on any atom is 0.255 e. The summed E-state index contributed by atoms with van der Waals surface area (Å²) in [4.78, 5) is 33.7. The Morgan fingerprint density at radius 3 is 2.76 bits per heavy atom. The molecule has 29 heavy (non-hydrogen) atoms. The number of carbonyl (C=O) groups excluding carboxylic acids is 2. The molecule has 160 valence electrons. The summed E-state index contributed by atoms with van der Waals surface area (Å²) in [6, 6.07) is 2.08. The van der Waals surface area contributed by atoms with E-state index in [0.717, 1.165) is 54.6 Å². The van der Waals surface area contributed by atoms with Crippen molar-refractivity contribution in [2.75, 3.05) is 32.7 Å². The fourth-order valence-corrected chi connectivity index (χ4v) is 4.92. The zero-order valence-electron chi connectivity index (χ0n) is 16.6. The summed E-state index contributed by atoms with van der Waals surface area (Å²) in [5, 5.41) is 5.94. The predicted molar refractivity (Wildman–Crippen MR) is 119 cm³/mol. The highest BCUT2D eigenvalue weighted by molar-refractivity contribution is 7.12. The van der Waals surface area contributed by atoms with Gasteiger partial charge in [0, 0.05) is 55.2 Å². The lowest BCUT2D eigenvalue weighted by Crippen LogP contribution is -2.57. The molecule has 0 saturated carbocycles. The van der Waals surface area contributed by atoms with Crippen molar-refractivity contribution in [3.8, 4) is 5.13 Å². The molecule has 0 aromatic carbocycles. The molecule has 1 N–H and O–H groups in total. The van der Waals surface area contributed by atoms with E-state index < -0.39 is 0 Å². The Kier molecular flexibility index (Phi) is 8.10. The van der Waals surface area contributed by atoms with Gasteiger partial charge >= 0.3 is 0 Å². The average Bonchev–Trinajstić information content (AvgIpc) is 3.29. The first-order chi connectivity index (χ1) is 13.1. The van der Waals surface area contributed by atoms with Crippen LogP contribution in [0.15, 0.2) is 17.6 Å². The van der Waals surface area contributed by atoms with Crippen LogP contribution in [0.4, 0.5) is 0 Å². The van der Waals surface area contributed by atoms with E-state index in [2.05, 4.69) is 10.3 Å². The van der Waals surface area contributed by atoms with Crippen LogP contribution in [-0.2, 0) is 4.79 Å². The summed E-state index contributed by atoms with van der Waals surface area (Å²) in [7, 11) is 0. The van der Waals surface area contributed by atoms with Crippen molar-refractivity contribution in [2.45, 2.75) is 32.7 Å². The number of nitrogens with zero attached hydrogens (tertiary/aromatic N) is 4. The largest absolute Gasteiger partial charge is 0.337 e. The highest BCUT2D eigenvalue weighted by atomic mass is 35.5. The monoisotopic (exact) mass is 459 g/mol. The Hall–Kier alpha value is -1.61. The van der Waals surface area contributed by atoms with Gasteiger partial charge in [0.2, 0.25) is 5.91 Å². The third kappa shape index (κ3) is 4.60. The first-order valence-electron chi connectivity index (χ1n) is 9.44. The number of hydrogen-bond donors (Lipinski definition) is 1. The van der Waals surface area contributed by atoms with Crippen molar-refractivity contribution in [1.29, 1.82) is 0 Å². The molecule has 2 aromatic heterocycles. The zero-order valence-corrected chi connectivity index (χ0v) is 19.0. The van der Waals surface area contributed by atoms with Gasteiger partial charge in [-0.15, -0.1) is 36.2 Å². The minimum Gasteiger partial charge on any atom is -0.337 e. The number of carbonyl (C=O) groups is 2. The molecule has 1 unspecified atom stereocenters. The molecule has 10 heteroatoms. The summed E-state index contributed by atoms with van der Waals surface area (Å²) >= 11 is 1.56. The molecule has 2 aromatic rings. The number of likely N-dealkylation sites (tertiary alicyclic amines) is 1. The van der Waals surface area contributed by atoms with Gasteiger partial charge in [-0.3, -0.25) is 14.2 Å². The molecular weight excluding hydrogens is 433 g/mol. The van der Waals surface area contributed by atoms with Gasteiger partial charge in [0.05, 0.1) is 12.1 Å². The van der Waals surface area contributed by atoms with Gasteiger partial charge in [-0.05, 0) is 32.8 Å². The number of halogens is 2. The van der Waals surface area contributed by atoms with E-state index in [1.807, 2.05) is 39.7 Å². The van der Waals surface area contributed by atoms with Crippen molar-refractivity contribution in [3.63, 3.8) is 0 Å².